The standard InChI is InChI=1S/C11H17N3O4S/c1-8-7-12-13(2)10(8)19(17,18)14-6-4-3-5-9(14)11(15)16/h7,9H,3-6H2,1-2H3,(H,15,16). The van der Waals surface area contributed by atoms with Gasteiger partial charge in [-0.2, -0.15) is 9.40 Å². The Morgan fingerprint density at radius 2 is 2.16 bits per heavy atom. The molecule has 0 aliphatic carbocycles. The van der Waals surface area contributed by atoms with Gasteiger partial charge < -0.3 is 5.11 Å². The van der Waals surface area contributed by atoms with Crippen molar-refractivity contribution in [1.82, 2.24) is 14.1 Å². The van der Waals surface area contributed by atoms with Gasteiger partial charge in [-0.15, -0.1) is 0 Å². The molecular formula is C11H17N3O4S. The smallest absolute Gasteiger partial charge is 0.322 e. The van der Waals surface area contributed by atoms with Crippen LogP contribution in [0.15, 0.2) is 11.2 Å². The second kappa shape index (κ2) is 4.93. The molecular weight excluding hydrogens is 270 g/mol. The summed E-state index contributed by atoms with van der Waals surface area (Å²) in [5.41, 5.74) is 0.525. The summed E-state index contributed by atoms with van der Waals surface area (Å²) >= 11 is 0. The van der Waals surface area contributed by atoms with Gasteiger partial charge in [-0.3, -0.25) is 9.48 Å². The Bertz CT molecular complexity index is 574. The number of aliphatic carboxylic acids is 1. The third-order valence-electron chi connectivity index (χ3n) is 3.35. The van der Waals surface area contributed by atoms with E-state index in [0.717, 1.165) is 10.7 Å². The quantitative estimate of drug-likeness (QED) is 0.866. The zero-order valence-corrected chi connectivity index (χ0v) is 11.7. The number of carboxylic acid groups (broad SMARTS) is 1. The average molecular weight is 287 g/mol. The van der Waals surface area contributed by atoms with Gasteiger partial charge in [-0.1, -0.05) is 0 Å². The van der Waals surface area contributed by atoms with Crippen LogP contribution in [-0.2, 0) is 21.9 Å². The highest BCUT2D eigenvalue weighted by Crippen LogP contribution is 2.26. The highest BCUT2D eigenvalue weighted by Gasteiger charge is 2.39. The normalized spacial score (nSPS) is 21.5. The number of hydrogen-bond donors (Lipinski definition) is 1. The Hall–Kier alpha value is -1.41. The van der Waals surface area contributed by atoms with Gasteiger partial charge in [0, 0.05) is 19.2 Å². The lowest BCUT2D eigenvalue weighted by Gasteiger charge is -2.31. The van der Waals surface area contributed by atoms with Crippen LogP contribution in [-0.4, -0.2) is 46.2 Å². The van der Waals surface area contributed by atoms with Crippen molar-refractivity contribution in [3.8, 4) is 0 Å². The highest BCUT2D eigenvalue weighted by atomic mass is 32.2. The molecule has 0 bridgehead atoms. The van der Waals surface area contributed by atoms with Crippen LogP contribution in [0.2, 0.25) is 0 Å². The largest absolute Gasteiger partial charge is 0.480 e. The van der Waals surface area contributed by atoms with Crippen LogP contribution in [0.3, 0.4) is 0 Å². The molecule has 1 atom stereocenters. The molecule has 1 aliphatic rings. The summed E-state index contributed by atoms with van der Waals surface area (Å²) in [6.07, 6.45) is 3.23. The molecule has 19 heavy (non-hydrogen) atoms. The van der Waals surface area contributed by atoms with Crippen molar-refractivity contribution in [2.45, 2.75) is 37.3 Å². The molecule has 0 amide bonds. The van der Waals surface area contributed by atoms with Crippen LogP contribution in [0, 0.1) is 6.92 Å². The molecule has 1 saturated heterocycles. The van der Waals surface area contributed by atoms with Crippen molar-refractivity contribution < 1.29 is 18.3 Å². The molecule has 7 nitrogen and oxygen atoms in total. The summed E-state index contributed by atoms with van der Waals surface area (Å²) in [6.45, 7) is 1.89. The summed E-state index contributed by atoms with van der Waals surface area (Å²) in [7, 11) is -2.28. The van der Waals surface area contributed by atoms with E-state index in [-0.39, 0.29) is 11.6 Å². The Morgan fingerprint density at radius 3 is 2.68 bits per heavy atom. The predicted octanol–water partition coefficient (Wildman–Crippen LogP) is 0.356. The van der Waals surface area contributed by atoms with Gasteiger partial charge in [0.15, 0.2) is 5.03 Å². The third-order valence-corrected chi connectivity index (χ3v) is 5.48. The fourth-order valence-corrected chi connectivity index (χ4v) is 4.42. The number of carboxylic acids is 1. The molecule has 0 aromatic carbocycles. The maximum absolute atomic E-state index is 12.6. The van der Waals surface area contributed by atoms with Crippen LogP contribution < -0.4 is 0 Å². The number of rotatable bonds is 3. The van der Waals surface area contributed by atoms with Crippen LogP contribution >= 0.6 is 0 Å². The molecule has 8 heteroatoms. The van der Waals surface area contributed by atoms with Gasteiger partial charge in [-0.05, 0) is 26.2 Å². The summed E-state index contributed by atoms with van der Waals surface area (Å²) in [5.74, 6) is -1.09. The summed E-state index contributed by atoms with van der Waals surface area (Å²) in [4.78, 5) is 11.2. The van der Waals surface area contributed by atoms with Gasteiger partial charge in [0.1, 0.15) is 6.04 Å². The summed E-state index contributed by atoms with van der Waals surface area (Å²) in [6, 6.07) is -0.979. The fraction of sp³-hybridized carbons (Fsp3) is 0.636. The second-order valence-corrected chi connectivity index (χ2v) is 6.53. The average Bonchev–Trinajstić information content (AvgIpc) is 2.69. The van der Waals surface area contributed by atoms with Crippen molar-refractivity contribution in [1.29, 1.82) is 0 Å². The second-order valence-electron chi connectivity index (χ2n) is 4.72. The molecule has 1 unspecified atom stereocenters. The van der Waals surface area contributed by atoms with E-state index in [1.807, 2.05) is 0 Å². The van der Waals surface area contributed by atoms with Crippen molar-refractivity contribution in [2.24, 2.45) is 7.05 Å². The third kappa shape index (κ3) is 2.37. The van der Waals surface area contributed by atoms with Gasteiger partial charge in [-0.25, -0.2) is 8.42 Å². The Balaban J connectivity index is 2.46. The SMILES string of the molecule is Cc1cnn(C)c1S(=O)(=O)N1CCCCC1C(=O)O. The van der Waals surface area contributed by atoms with Gasteiger partial charge in [0.25, 0.3) is 10.0 Å². The monoisotopic (exact) mass is 287 g/mol. The van der Waals surface area contributed by atoms with E-state index in [1.54, 1.807) is 14.0 Å². The Morgan fingerprint density at radius 1 is 1.47 bits per heavy atom. The zero-order chi connectivity index (χ0) is 14.2. The molecule has 106 valence electrons. The molecule has 0 radical (unpaired) electrons. The molecule has 0 spiro atoms. The van der Waals surface area contributed by atoms with E-state index in [2.05, 4.69) is 5.10 Å². The fourth-order valence-electron chi connectivity index (χ4n) is 2.46. The van der Waals surface area contributed by atoms with Crippen molar-refractivity contribution >= 4 is 16.0 Å². The topological polar surface area (TPSA) is 92.5 Å². The molecule has 1 aromatic rings. The van der Waals surface area contributed by atoms with Gasteiger partial charge in [0.05, 0.1) is 6.20 Å². The lowest BCUT2D eigenvalue weighted by molar-refractivity contribution is -0.142. The number of piperidine rings is 1. The van der Waals surface area contributed by atoms with Gasteiger partial charge >= 0.3 is 5.97 Å². The Labute approximate surface area is 111 Å². The first-order valence-electron chi connectivity index (χ1n) is 6.09. The first kappa shape index (κ1) is 14.0. The van der Waals surface area contributed by atoms with E-state index >= 15 is 0 Å². The lowest BCUT2D eigenvalue weighted by Crippen LogP contribution is -2.48. The van der Waals surface area contributed by atoms with Crippen molar-refractivity contribution in [3.63, 3.8) is 0 Å². The minimum Gasteiger partial charge on any atom is -0.480 e. The number of carbonyl (C=O) groups is 1. The first-order chi connectivity index (χ1) is 8.85. The molecule has 0 saturated carbocycles. The van der Waals surface area contributed by atoms with Crippen molar-refractivity contribution in [2.75, 3.05) is 6.54 Å². The number of hydrogen-bond acceptors (Lipinski definition) is 4. The summed E-state index contributed by atoms with van der Waals surface area (Å²) in [5, 5.41) is 13.2. The maximum Gasteiger partial charge on any atom is 0.322 e. The molecule has 1 aromatic heterocycles. The van der Waals surface area contributed by atoms with Crippen LogP contribution in [0.5, 0.6) is 0 Å². The molecule has 2 rings (SSSR count). The molecule has 1 aliphatic heterocycles. The van der Waals surface area contributed by atoms with Gasteiger partial charge in [0.2, 0.25) is 0 Å². The number of aryl methyl sites for hydroxylation is 2. The van der Waals surface area contributed by atoms with E-state index in [1.165, 1.54) is 10.9 Å². The zero-order valence-electron chi connectivity index (χ0n) is 10.9. The van der Waals surface area contributed by atoms with E-state index < -0.39 is 22.0 Å². The number of sulfonamides is 1. The van der Waals surface area contributed by atoms with Crippen LogP contribution in [0.4, 0.5) is 0 Å². The predicted molar refractivity (Wildman–Crippen MR) is 67.1 cm³/mol. The van der Waals surface area contributed by atoms with Crippen LogP contribution in [0.25, 0.3) is 0 Å². The minimum atomic E-state index is -3.82. The van der Waals surface area contributed by atoms with Crippen LogP contribution in [0.1, 0.15) is 24.8 Å². The first-order valence-corrected chi connectivity index (χ1v) is 7.53. The molecule has 1 fully saturated rings. The summed E-state index contributed by atoms with van der Waals surface area (Å²) < 4.78 is 27.6. The molecule has 2 heterocycles. The lowest BCUT2D eigenvalue weighted by atomic mass is 10.1. The van der Waals surface area contributed by atoms with E-state index in [4.69, 9.17) is 0 Å². The van der Waals surface area contributed by atoms with E-state index in [9.17, 15) is 18.3 Å². The Kier molecular flexibility index (Phi) is 3.64. The maximum atomic E-state index is 12.6. The number of aromatic nitrogens is 2. The highest BCUT2D eigenvalue weighted by molar-refractivity contribution is 7.89. The number of nitrogens with zero attached hydrogens (tertiary/aromatic N) is 3. The van der Waals surface area contributed by atoms with E-state index in [0.29, 0.717) is 18.4 Å². The van der Waals surface area contributed by atoms with Crippen molar-refractivity contribution in [3.05, 3.63) is 11.8 Å². The minimum absolute atomic E-state index is 0.0700. The molecule has 1 N–H and O–H groups in total.